The van der Waals surface area contributed by atoms with Crippen LogP contribution in [0.5, 0.6) is 0 Å². The number of hydrogen-bond acceptors (Lipinski definition) is 3. The number of halogens is 1. The SMILES string of the molecule is CCCCC(CC)CNC(=NC)NCc1ccc(-n2ccnc2)nc1.I. The fourth-order valence-corrected chi connectivity index (χ4v) is 2.66. The Balaban J connectivity index is 0.00000338. The molecule has 0 saturated carbocycles. The Kier molecular flexibility index (Phi) is 10.9. The lowest BCUT2D eigenvalue weighted by molar-refractivity contribution is 0.443. The van der Waals surface area contributed by atoms with E-state index in [1.165, 1.54) is 25.7 Å². The van der Waals surface area contributed by atoms with E-state index in [1.54, 1.807) is 12.5 Å². The number of aromatic nitrogens is 3. The van der Waals surface area contributed by atoms with Gasteiger partial charge in [0.1, 0.15) is 12.1 Å². The van der Waals surface area contributed by atoms with Crippen molar-refractivity contribution in [2.75, 3.05) is 13.6 Å². The van der Waals surface area contributed by atoms with E-state index in [0.717, 1.165) is 23.9 Å². The Hall–Kier alpha value is -1.64. The first-order valence-corrected chi connectivity index (χ1v) is 9.14. The normalized spacial score (nSPS) is 12.3. The smallest absolute Gasteiger partial charge is 0.191 e. The minimum absolute atomic E-state index is 0. The van der Waals surface area contributed by atoms with E-state index in [2.05, 4.69) is 45.5 Å². The van der Waals surface area contributed by atoms with Crippen LogP contribution in [0.25, 0.3) is 5.82 Å². The number of hydrogen-bond donors (Lipinski definition) is 2. The summed E-state index contributed by atoms with van der Waals surface area (Å²) in [5.74, 6) is 2.41. The van der Waals surface area contributed by atoms with Crippen LogP contribution in [0.2, 0.25) is 0 Å². The lowest BCUT2D eigenvalue weighted by Gasteiger charge is -2.18. The van der Waals surface area contributed by atoms with Crippen LogP contribution in [-0.2, 0) is 6.54 Å². The number of pyridine rings is 1. The maximum atomic E-state index is 4.47. The lowest BCUT2D eigenvalue weighted by atomic mass is 9.99. The molecule has 1 atom stereocenters. The average Bonchev–Trinajstić information content (AvgIpc) is 3.19. The van der Waals surface area contributed by atoms with Gasteiger partial charge < -0.3 is 10.6 Å². The van der Waals surface area contributed by atoms with Crippen LogP contribution in [0.3, 0.4) is 0 Å². The van der Waals surface area contributed by atoms with Gasteiger partial charge in [0.05, 0.1) is 0 Å². The molecule has 0 bridgehead atoms. The van der Waals surface area contributed by atoms with Crippen LogP contribution in [0, 0.1) is 5.92 Å². The average molecular weight is 470 g/mol. The zero-order valence-corrected chi connectivity index (χ0v) is 18.3. The maximum Gasteiger partial charge on any atom is 0.191 e. The van der Waals surface area contributed by atoms with Gasteiger partial charge in [-0.05, 0) is 24.0 Å². The standard InChI is InChI=1S/C19H30N6.HI/c1-4-6-7-16(5-2)12-23-19(20-3)24-14-17-8-9-18(22-13-17)25-11-10-21-15-25;/h8-11,13,15-16H,4-7,12,14H2,1-3H3,(H2,20,23,24);1H. The van der Waals surface area contributed by atoms with Gasteiger partial charge in [-0.15, -0.1) is 24.0 Å². The summed E-state index contributed by atoms with van der Waals surface area (Å²) in [5.41, 5.74) is 1.12. The molecule has 6 nitrogen and oxygen atoms in total. The van der Waals surface area contributed by atoms with Crippen molar-refractivity contribution >= 4 is 29.9 Å². The molecule has 144 valence electrons. The van der Waals surface area contributed by atoms with E-state index in [-0.39, 0.29) is 24.0 Å². The Morgan fingerprint density at radius 1 is 1.27 bits per heavy atom. The van der Waals surface area contributed by atoms with Crippen molar-refractivity contribution in [3.8, 4) is 5.82 Å². The van der Waals surface area contributed by atoms with Crippen LogP contribution in [0.15, 0.2) is 42.0 Å². The summed E-state index contributed by atoms with van der Waals surface area (Å²) < 4.78 is 1.89. The van der Waals surface area contributed by atoms with Crippen LogP contribution >= 0.6 is 24.0 Å². The molecule has 26 heavy (non-hydrogen) atoms. The summed E-state index contributed by atoms with van der Waals surface area (Å²) in [6, 6.07) is 4.06. The molecule has 2 aromatic heterocycles. The van der Waals surface area contributed by atoms with Gasteiger partial charge in [-0.3, -0.25) is 9.56 Å². The first kappa shape index (κ1) is 22.4. The highest BCUT2D eigenvalue weighted by Gasteiger charge is 2.07. The summed E-state index contributed by atoms with van der Waals surface area (Å²) in [7, 11) is 1.81. The number of nitrogens with one attached hydrogen (secondary N) is 2. The second-order valence-corrected chi connectivity index (χ2v) is 6.22. The molecule has 0 radical (unpaired) electrons. The van der Waals surface area contributed by atoms with Gasteiger partial charge in [0.2, 0.25) is 0 Å². The second-order valence-electron chi connectivity index (χ2n) is 6.22. The van der Waals surface area contributed by atoms with Crippen molar-refractivity contribution in [2.24, 2.45) is 10.9 Å². The Morgan fingerprint density at radius 2 is 2.12 bits per heavy atom. The molecule has 0 fully saturated rings. The summed E-state index contributed by atoms with van der Waals surface area (Å²) in [5, 5.41) is 6.79. The molecule has 0 aromatic carbocycles. The molecule has 2 aromatic rings. The summed E-state index contributed by atoms with van der Waals surface area (Å²) >= 11 is 0. The number of nitrogens with zero attached hydrogens (tertiary/aromatic N) is 4. The predicted molar refractivity (Wildman–Crippen MR) is 118 cm³/mol. The quantitative estimate of drug-likeness (QED) is 0.333. The van der Waals surface area contributed by atoms with Gasteiger partial charge >= 0.3 is 0 Å². The van der Waals surface area contributed by atoms with Gasteiger partial charge in [-0.2, -0.15) is 0 Å². The van der Waals surface area contributed by atoms with Crippen LogP contribution in [-0.4, -0.2) is 34.1 Å². The summed E-state index contributed by atoms with van der Waals surface area (Å²) in [6.45, 7) is 6.16. The van der Waals surface area contributed by atoms with Gasteiger partial charge in [-0.25, -0.2) is 9.97 Å². The molecule has 0 saturated heterocycles. The van der Waals surface area contributed by atoms with E-state index in [9.17, 15) is 0 Å². The van der Waals surface area contributed by atoms with E-state index in [1.807, 2.05) is 30.1 Å². The molecule has 0 aliphatic carbocycles. The molecule has 0 aliphatic heterocycles. The van der Waals surface area contributed by atoms with Gasteiger partial charge in [0.25, 0.3) is 0 Å². The number of guanidine groups is 1. The molecule has 7 heteroatoms. The van der Waals surface area contributed by atoms with Gasteiger partial charge in [0.15, 0.2) is 5.96 Å². The highest BCUT2D eigenvalue weighted by atomic mass is 127. The Morgan fingerprint density at radius 3 is 2.69 bits per heavy atom. The summed E-state index contributed by atoms with van der Waals surface area (Å²) in [4.78, 5) is 12.8. The largest absolute Gasteiger partial charge is 0.356 e. The minimum atomic E-state index is 0. The molecule has 0 amide bonds. The molecular formula is C19H31IN6. The van der Waals surface area contributed by atoms with E-state index >= 15 is 0 Å². The number of unbranched alkanes of at least 4 members (excludes halogenated alkanes) is 1. The summed E-state index contributed by atoms with van der Waals surface area (Å²) in [6.07, 6.45) is 12.3. The molecule has 0 spiro atoms. The van der Waals surface area contributed by atoms with Crippen molar-refractivity contribution in [3.05, 3.63) is 42.6 Å². The molecule has 2 heterocycles. The Bertz CT molecular complexity index is 624. The molecule has 2 rings (SSSR count). The van der Waals surface area contributed by atoms with Gasteiger partial charge in [0, 0.05) is 38.7 Å². The van der Waals surface area contributed by atoms with Crippen molar-refractivity contribution in [1.29, 1.82) is 0 Å². The molecular weight excluding hydrogens is 439 g/mol. The topological polar surface area (TPSA) is 67.1 Å². The number of aliphatic imine (C=N–C) groups is 1. The van der Waals surface area contributed by atoms with Gasteiger partial charge in [-0.1, -0.05) is 39.2 Å². The van der Waals surface area contributed by atoms with Crippen LogP contribution in [0.1, 0.15) is 45.1 Å². The van der Waals surface area contributed by atoms with Crippen molar-refractivity contribution in [2.45, 2.75) is 46.1 Å². The maximum absolute atomic E-state index is 4.47. The van der Waals surface area contributed by atoms with E-state index in [0.29, 0.717) is 12.5 Å². The van der Waals surface area contributed by atoms with E-state index in [4.69, 9.17) is 0 Å². The first-order valence-electron chi connectivity index (χ1n) is 9.14. The van der Waals surface area contributed by atoms with E-state index < -0.39 is 0 Å². The molecule has 2 N–H and O–H groups in total. The third-order valence-corrected chi connectivity index (χ3v) is 4.36. The third-order valence-electron chi connectivity index (χ3n) is 4.36. The fourth-order valence-electron chi connectivity index (χ4n) is 2.66. The van der Waals surface area contributed by atoms with Crippen molar-refractivity contribution in [1.82, 2.24) is 25.2 Å². The monoisotopic (exact) mass is 470 g/mol. The minimum Gasteiger partial charge on any atom is -0.356 e. The van der Waals surface area contributed by atoms with Crippen LogP contribution in [0.4, 0.5) is 0 Å². The Labute approximate surface area is 174 Å². The lowest BCUT2D eigenvalue weighted by Crippen LogP contribution is -2.39. The fraction of sp³-hybridized carbons (Fsp3) is 0.526. The van der Waals surface area contributed by atoms with Crippen LogP contribution < -0.4 is 10.6 Å². The predicted octanol–water partition coefficient (Wildman–Crippen LogP) is 3.77. The molecule has 0 aliphatic rings. The zero-order chi connectivity index (χ0) is 17.9. The second kappa shape index (κ2) is 12.7. The third kappa shape index (κ3) is 7.31. The van der Waals surface area contributed by atoms with Crippen molar-refractivity contribution in [3.63, 3.8) is 0 Å². The molecule has 1 unspecified atom stereocenters. The zero-order valence-electron chi connectivity index (χ0n) is 16.0. The highest BCUT2D eigenvalue weighted by Crippen LogP contribution is 2.11. The first-order chi connectivity index (χ1) is 12.3. The number of imidazole rings is 1. The highest BCUT2D eigenvalue weighted by molar-refractivity contribution is 14.0. The van der Waals surface area contributed by atoms with Crippen molar-refractivity contribution < 1.29 is 0 Å². The number of rotatable bonds is 9.